The van der Waals surface area contributed by atoms with Gasteiger partial charge in [-0.15, -0.1) is 0 Å². The molecule has 0 unspecified atom stereocenters. The summed E-state index contributed by atoms with van der Waals surface area (Å²) in [5, 5.41) is 6.60. The number of nitrogens with zero attached hydrogens (tertiary/aromatic N) is 2. The van der Waals surface area contributed by atoms with Gasteiger partial charge in [-0.1, -0.05) is 6.92 Å². The largest absolute Gasteiger partial charge is 0.316 e. The van der Waals surface area contributed by atoms with Crippen molar-refractivity contribution in [1.29, 1.82) is 0 Å². The second kappa shape index (κ2) is 4.24. The van der Waals surface area contributed by atoms with Gasteiger partial charge in [0.05, 0.1) is 5.92 Å². The van der Waals surface area contributed by atoms with Crippen LogP contribution >= 0.6 is 11.5 Å². The number of anilines is 1. The van der Waals surface area contributed by atoms with Crippen molar-refractivity contribution in [3.8, 4) is 0 Å². The lowest BCUT2D eigenvalue weighted by molar-refractivity contribution is -0.120. The van der Waals surface area contributed by atoms with Gasteiger partial charge in [-0.25, -0.2) is 4.98 Å². The second-order valence-electron chi connectivity index (χ2n) is 3.88. The van der Waals surface area contributed by atoms with E-state index in [0.29, 0.717) is 16.9 Å². The number of carbonyl (C=O) groups excluding carboxylic acids is 1. The maximum absolute atomic E-state index is 11.8. The van der Waals surface area contributed by atoms with Gasteiger partial charge in [0.25, 0.3) is 0 Å². The van der Waals surface area contributed by atoms with Gasteiger partial charge in [0, 0.05) is 18.1 Å². The van der Waals surface area contributed by atoms with Gasteiger partial charge in [-0.2, -0.15) is 4.37 Å². The average molecular weight is 226 g/mol. The van der Waals surface area contributed by atoms with Gasteiger partial charge in [-0.3, -0.25) is 4.79 Å². The highest BCUT2D eigenvalue weighted by atomic mass is 32.1. The predicted molar refractivity (Wildman–Crippen MR) is 58.8 cm³/mol. The maximum Gasteiger partial charge on any atom is 0.230 e. The van der Waals surface area contributed by atoms with Crippen molar-refractivity contribution in [2.75, 3.05) is 18.4 Å². The molecule has 2 rings (SSSR count). The van der Waals surface area contributed by atoms with Crippen LogP contribution in [0.5, 0.6) is 0 Å². The number of aryl methyl sites for hydroxylation is 1. The third kappa shape index (κ3) is 2.32. The molecule has 1 saturated heterocycles. The normalized spacial score (nSPS) is 25.5. The summed E-state index contributed by atoms with van der Waals surface area (Å²) in [6, 6.07) is 0. The highest BCUT2D eigenvalue weighted by Crippen LogP contribution is 2.19. The third-order valence-corrected chi connectivity index (χ3v) is 3.33. The van der Waals surface area contributed by atoms with E-state index in [9.17, 15) is 4.79 Å². The van der Waals surface area contributed by atoms with Crippen LogP contribution in [0.15, 0.2) is 0 Å². The van der Waals surface area contributed by atoms with E-state index < -0.39 is 0 Å². The Morgan fingerprint density at radius 3 is 2.93 bits per heavy atom. The van der Waals surface area contributed by atoms with Gasteiger partial charge in [0.15, 0.2) is 0 Å². The lowest BCUT2D eigenvalue weighted by atomic mass is 9.97. The molecule has 0 saturated carbocycles. The molecule has 1 aliphatic rings. The molecule has 15 heavy (non-hydrogen) atoms. The number of carbonyl (C=O) groups is 1. The minimum Gasteiger partial charge on any atom is -0.316 e. The SMILES string of the molecule is Cc1nsc(NC(=O)[C@@H]2CNC[C@H]2C)n1. The molecule has 2 N–H and O–H groups in total. The molecule has 1 fully saturated rings. The Hall–Kier alpha value is -1.01. The number of amides is 1. The monoisotopic (exact) mass is 226 g/mol. The van der Waals surface area contributed by atoms with Gasteiger partial charge in [-0.05, 0) is 19.4 Å². The third-order valence-electron chi connectivity index (χ3n) is 2.61. The van der Waals surface area contributed by atoms with Crippen LogP contribution in [-0.4, -0.2) is 28.4 Å². The summed E-state index contributed by atoms with van der Waals surface area (Å²) in [6.07, 6.45) is 0. The Morgan fingerprint density at radius 1 is 1.60 bits per heavy atom. The van der Waals surface area contributed by atoms with E-state index in [2.05, 4.69) is 26.9 Å². The second-order valence-corrected chi connectivity index (χ2v) is 4.63. The summed E-state index contributed by atoms with van der Waals surface area (Å²) >= 11 is 1.22. The fourth-order valence-corrected chi connectivity index (χ4v) is 2.29. The highest BCUT2D eigenvalue weighted by molar-refractivity contribution is 7.09. The summed E-state index contributed by atoms with van der Waals surface area (Å²) in [7, 11) is 0. The molecule has 0 aromatic carbocycles. The summed E-state index contributed by atoms with van der Waals surface area (Å²) in [5.74, 6) is 1.18. The van der Waals surface area contributed by atoms with E-state index in [1.54, 1.807) is 0 Å². The molecule has 2 atom stereocenters. The zero-order chi connectivity index (χ0) is 10.8. The number of hydrogen-bond acceptors (Lipinski definition) is 5. The van der Waals surface area contributed by atoms with E-state index >= 15 is 0 Å². The first-order valence-electron chi connectivity index (χ1n) is 4.98. The van der Waals surface area contributed by atoms with Crippen LogP contribution in [0.2, 0.25) is 0 Å². The number of nitrogens with one attached hydrogen (secondary N) is 2. The summed E-state index contributed by atoms with van der Waals surface area (Å²) in [5.41, 5.74) is 0. The zero-order valence-corrected chi connectivity index (χ0v) is 9.60. The standard InChI is InChI=1S/C9H14N4OS/c1-5-3-10-4-7(5)8(14)12-9-11-6(2)13-15-9/h5,7,10H,3-4H2,1-2H3,(H,11,12,13,14)/t5-,7-/m1/s1. The van der Waals surface area contributed by atoms with Crippen LogP contribution in [0.3, 0.4) is 0 Å². The first kappa shape index (κ1) is 10.5. The minimum absolute atomic E-state index is 0.0450. The van der Waals surface area contributed by atoms with E-state index in [1.807, 2.05) is 6.92 Å². The maximum atomic E-state index is 11.8. The van der Waals surface area contributed by atoms with Crippen LogP contribution in [0.25, 0.3) is 0 Å². The minimum atomic E-state index is 0.0450. The predicted octanol–water partition coefficient (Wildman–Crippen LogP) is 0.641. The quantitative estimate of drug-likeness (QED) is 0.776. The van der Waals surface area contributed by atoms with Gasteiger partial charge < -0.3 is 10.6 Å². The fourth-order valence-electron chi connectivity index (χ4n) is 1.71. The van der Waals surface area contributed by atoms with E-state index in [-0.39, 0.29) is 11.8 Å². The molecule has 2 heterocycles. The molecule has 0 aliphatic carbocycles. The van der Waals surface area contributed by atoms with Crippen LogP contribution < -0.4 is 10.6 Å². The molecule has 1 amide bonds. The smallest absolute Gasteiger partial charge is 0.230 e. The zero-order valence-electron chi connectivity index (χ0n) is 8.78. The number of aromatic nitrogens is 2. The molecule has 1 aromatic rings. The fraction of sp³-hybridized carbons (Fsp3) is 0.667. The van der Waals surface area contributed by atoms with Gasteiger partial charge >= 0.3 is 0 Å². The highest BCUT2D eigenvalue weighted by Gasteiger charge is 2.29. The number of rotatable bonds is 2. The van der Waals surface area contributed by atoms with Crippen molar-refractivity contribution in [1.82, 2.24) is 14.7 Å². The Balaban J connectivity index is 1.97. The Labute approximate surface area is 92.5 Å². The molecule has 5 nitrogen and oxygen atoms in total. The molecule has 82 valence electrons. The number of hydrogen-bond donors (Lipinski definition) is 2. The molecule has 0 spiro atoms. The van der Waals surface area contributed by atoms with E-state index in [0.717, 1.165) is 13.1 Å². The molecule has 6 heteroatoms. The lowest BCUT2D eigenvalue weighted by Gasteiger charge is -2.11. The van der Waals surface area contributed by atoms with Crippen molar-refractivity contribution in [3.63, 3.8) is 0 Å². The van der Waals surface area contributed by atoms with Crippen molar-refractivity contribution < 1.29 is 4.79 Å². The molecular formula is C9H14N4OS. The van der Waals surface area contributed by atoms with E-state index in [4.69, 9.17) is 0 Å². The summed E-state index contributed by atoms with van der Waals surface area (Å²) in [4.78, 5) is 15.9. The first-order valence-corrected chi connectivity index (χ1v) is 5.76. The molecule has 1 aliphatic heterocycles. The van der Waals surface area contributed by atoms with Crippen LogP contribution in [-0.2, 0) is 4.79 Å². The van der Waals surface area contributed by atoms with Crippen LogP contribution in [0.4, 0.5) is 5.13 Å². The van der Waals surface area contributed by atoms with Gasteiger partial charge in [0.1, 0.15) is 5.82 Å². The summed E-state index contributed by atoms with van der Waals surface area (Å²) in [6.45, 7) is 5.56. The Kier molecular flexibility index (Phi) is 2.97. The summed E-state index contributed by atoms with van der Waals surface area (Å²) < 4.78 is 4.02. The van der Waals surface area contributed by atoms with Crippen LogP contribution in [0.1, 0.15) is 12.7 Å². The van der Waals surface area contributed by atoms with Crippen molar-refractivity contribution in [3.05, 3.63) is 5.82 Å². The first-order chi connectivity index (χ1) is 7.16. The lowest BCUT2D eigenvalue weighted by Crippen LogP contribution is -2.27. The molecule has 1 aromatic heterocycles. The van der Waals surface area contributed by atoms with E-state index in [1.165, 1.54) is 11.5 Å². The molecule has 0 bridgehead atoms. The Bertz CT molecular complexity index is 365. The average Bonchev–Trinajstić information content (AvgIpc) is 2.75. The molecule has 0 radical (unpaired) electrons. The van der Waals surface area contributed by atoms with Crippen molar-refractivity contribution in [2.45, 2.75) is 13.8 Å². The Morgan fingerprint density at radius 2 is 2.40 bits per heavy atom. The van der Waals surface area contributed by atoms with Crippen molar-refractivity contribution >= 4 is 22.6 Å². The van der Waals surface area contributed by atoms with Crippen LogP contribution in [0, 0.1) is 18.8 Å². The van der Waals surface area contributed by atoms with Crippen molar-refractivity contribution in [2.24, 2.45) is 11.8 Å². The topological polar surface area (TPSA) is 66.9 Å². The molecular weight excluding hydrogens is 212 g/mol. The van der Waals surface area contributed by atoms with Gasteiger partial charge in [0.2, 0.25) is 11.0 Å².